The van der Waals surface area contributed by atoms with Gasteiger partial charge < -0.3 is 4.79 Å². The largest absolute Gasteiger partial charge is 0.303 e. The lowest BCUT2D eigenvalue weighted by Gasteiger charge is -2.11. The van der Waals surface area contributed by atoms with Crippen LogP contribution in [-0.2, 0) is 4.79 Å². The summed E-state index contributed by atoms with van der Waals surface area (Å²) in [7, 11) is 0. The maximum Gasteiger partial charge on any atom is 0.120 e. The fourth-order valence-electron chi connectivity index (χ4n) is 1.42. The topological polar surface area (TPSA) is 17.1 Å². The molecule has 1 nitrogen and oxygen atoms in total. The van der Waals surface area contributed by atoms with Crippen LogP contribution < -0.4 is 0 Å². The van der Waals surface area contributed by atoms with Crippen molar-refractivity contribution in [1.82, 2.24) is 0 Å². The monoisotopic (exact) mass is 156 g/mol. The summed E-state index contributed by atoms with van der Waals surface area (Å²) in [5.41, 5.74) is 0. The van der Waals surface area contributed by atoms with Gasteiger partial charge in [-0.25, -0.2) is 0 Å². The van der Waals surface area contributed by atoms with Crippen LogP contribution in [-0.4, -0.2) is 6.29 Å². The minimum atomic E-state index is 0.664. The van der Waals surface area contributed by atoms with E-state index in [0.29, 0.717) is 5.92 Å². The van der Waals surface area contributed by atoms with E-state index in [-0.39, 0.29) is 0 Å². The van der Waals surface area contributed by atoms with Crippen LogP contribution in [0.15, 0.2) is 0 Å². The summed E-state index contributed by atoms with van der Waals surface area (Å²) < 4.78 is 0. The zero-order chi connectivity index (χ0) is 8.53. The summed E-state index contributed by atoms with van der Waals surface area (Å²) in [6.07, 6.45) is 8.03. The summed E-state index contributed by atoms with van der Waals surface area (Å²) in [4.78, 5) is 10.3. The van der Waals surface area contributed by atoms with Crippen LogP contribution in [0.5, 0.6) is 0 Å². The van der Waals surface area contributed by atoms with Crippen LogP contribution in [0.25, 0.3) is 0 Å². The van der Waals surface area contributed by atoms with Crippen LogP contribution in [0, 0.1) is 5.92 Å². The molecule has 66 valence electrons. The maximum atomic E-state index is 10.3. The Morgan fingerprint density at radius 2 is 1.91 bits per heavy atom. The second-order valence-corrected chi connectivity index (χ2v) is 3.20. The predicted molar refractivity (Wildman–Crippen MR) is 48.6 cm³/mol. The molecule has 0 radical (unpaired) electrons. The zero-order valence-electron chi connectivity index (χ0n) is 7.81. The van der Waals surface area contributed by atoms with Crippen LogP contribution in [0.1, 0.15) is 52.4 Å². The molecule has 0 aromatic rings. The van der Waals surface area contributed by atoms with Gasteiger partial charge in [0, 0.05) is 6.42 Å². The highest BCUT2D eigenvalue weighted by atomic mass is 16.1. The van der Waals surface area contributed by atoms with Crippen molar-refractivity contribution < 1.29 is 4.79 Å². The van der Waals surface area contributed by atoms with Gasteiger partial charge >= 0.3 is 0 Å². The van der Waals surface area contributed by atoms with E-state index in [4.69, 9.17) is 0 Å². The van der Waals surface area contributed by atoms with Crippen molar-refractivity contribution in [3.63, 3.8) is 0 Å². The first-order valence-electron chi connectivity index (χ1n) is 4.78. The molecule has 0 saturated heterocycles. The minimum absolute atomic E-state index is 0.664. The molecule has 0 heterocycles. The molecule has 0 aliphatic carbocycles. The summed E-state index contributed by atoms with van der Waals surface area (Å²) in [6.45, 7) is 4.38. The van der Waals surface area contributed by atoms with Gasteiger partial charge in [0.15, 0.2) is 0 Å². The molecule has 0 aliphatic rings. The van der Waals surface area contributed by atoms with E-state index in [0.717, 1.165) is 12.7 Å². The number of carbonyl (C=O) groups excluding carboxylic acids is 1. The lowest BCUT2D eigenvalue weighted by Crippen LogP contribution is -2.00. The van der Waals surface area contributed by atoms with E-state index in [1.165, 1.54) is 32.1 Å². The molecule has 0 fully saturated rings. The SMILES string of the molecule is CCCCC(CC=O)CCC. The van der Waals surface area contributed by atoms with Gasteiger partial charge in [-0.15, -0.1) is 0 Å². The summed E-state index contributed by atoms with van der Waals surface area (Å²) in [5.74, 6) is 0.664. The molecular weight excluding hydrogens is 136 g/mol. The molecule has 11 heavy (non-hydrogen) atoms. The van der Waals surface area contributed by atoms with Gasteiger partial charge in [-0.05, 0) is 5.92 Å². The fraction of sp³-hybridized carbons (Fsp3) is 0.900. The van der Waals surface area contributed by atoms with Gasteiger partial charge in [0.25, 0.3) is 0 Å². The average Bonchev–Trinajstić information content (AvgIpc) is 2.01. The molecule has 1 unspecified atom stereocenters. The Bertz CT molecular complexity index is 88.9. The third-order valence-corrected chi connectivity index (χ3v) is 2.09. The smallest absolute Gasteiger partial charge is 0.120 e. The summed E-state index contributed by atoms with van der Waals surface area (Å²) in [5, 5.41) is 0. The normalized spacial score (nSPS) is 12.9. The van der Waals surface area contributed by atoms with Gasteiger partial charge in [-0.2, -0.15) is 0 Å². The highest BCUT2D eigenvalue weighted by molar-refractivity contribution is 5.49. The van der Waals surface area contributed by atoms with Crippen LogP contribution in [0.2, 0.25) is 0 Å². The van der Waals surface area contributed by atoms with Crippen molar-refractivity contribution in [1.29, 1.82) is 0 Å². The van der Waals surface area contributed by atoms with E-state index in [1.807, 2.05) is 0 Å². The molecule has 0 spiro atoms. The first-order chi connectivity index (χ1) is 5.35. The van der Waals surface area contributed by atoms with Crippen molar-refractivity contribution in [3.8, 4) is 0 Å². The third-order valence-electron chi connectivity index (χ3n) is 2.09. The molecule has 0 bridgehead atoms. The summed E-state index contributed by atoms with van der Waals surface area (Å²) >= 11 is 0. The highest BCUT2D eigenvalue weighted by Crippen LogP contribution is 2.16. The van der Waals surface area contributed by atoms with Gasteiger partial charge in [-0.3, -0.25) is 0 Å². The van der Waals surface area contributed by atoms with E-state index in [2.05, 4.69) is 13.8 Å². The van der Waals surface area contributed by atoms with Gasteiger partial charge in [0.1, 0.15) is 6.29 Å². The number of unbranched alkanes of at least 4 members (excludes halogenated alkanes) is 1. The molecule has 0 aromatic carbocycles. The van der Waals surface area contributed by atoms with Gasteiger partial charge in [0.2, 0.25) is 0 Å². The predicted octanol–water partition coefficient (Wildman–Crippen LogP) is 3.18. The van der Waals surface area contributed by atoms with E-state index in [1.54, 1.807) is 0 Å². The lowest BCUT2D eigenvalue weighted by atomic mass is 9.95. The zero-order valence-corrected chi connectivity index (χ0v) is 7.81. The molecule has 0 aliphatic heterocycles. The van der Waals surface area contributed by atoms with E-state index < -0.39 is 0 Å². The second-order valence-electron chi connectivity index (χ2n) is 3.20. The molecule has 1 atom stereocenters. The molecule has 0 amide bonds. The van der Waals surface area contributed by atoms with E-state index in [9.17, 15) is 4.79 Å². The lowest BCUT2D eigenvalue weighted by molar-refractivity contribution is -0.108. The molecule has 0 saturated carbocycles. The first-order valence-corrected chi connectivity index (χ1v) is 4.78. The molecule has 0 N–H and O–H groups in total. The van der Waals surface area contributed by atoms with Crippen LogP contribution in [0.4, 0.5) is 0 Å². The third kappa shape index (κ3) is 6.08. The molecule has 1 heteroatoms. The van der Waals surface area contributed by atoms with Crippen molar-refractivity contribution in [2.45, 2.75) is 52.4 Å². The minimum Gasteiger partial charge on any atom is -0.303 e. The highest BCUT2D eigenvalue weighted by Gasteiger charge is 2.05. The quantitative estimate of drug-likeness (QED) is 0.517. The van der Waals surface area contributed by atoms with Crippen molar-refractivity contribution in [2.75, 3.05) is 0 Å². The number of hydrogen-bond acceptors (Lipinski definition) is 1. The Balaban J connectivity index is 3.41. The Labute approximate surface area is 70.2 Å². The Morgan fingerprint density at radius 3 is 2.36 bits per heavy atom. The van der Waals surface area contributed by atoms with Gasteiger partial charge in [-0.1, -0.05) is 46.0 Å². The molecule has 0 rings (SSSR count). The van der Waals surface area contributed by atoms with E-state index >= 15 is 0 Å². The fourth-order valence-corrected chi connectivity index (χ4v) is 1.42. The Kier molecular flexibility index (Phi) is 7.54. The Hall–Kier alpha value is -0.330. The molecular formula is C10H20O. The average molecular weight is 156 g/mol. The number of rotatable bonds is 7. The second kappa shape index (κ2) is 7.77. The van der Waals surface area contributed by atoms with Crippen LogP contribution in [0.3, 0.4) is 0 Å². The Morgan fingerprint density at radius 1 is 1.18 bits per heavy atom. The maximum absolute atomic E-state index is 10.3. The summed E-state index contributed by atoms with van der Waals surface area (Å²) in [6, 6.07) is 0. The number of hydrogen-bond donors (Lipinski definition) is 0. The molecule has 0 aromatic heterocycles. The van der Waals surface area contributed by atoms with Crippen molar-refractivity contribution in [3.05, 3.63) is 0 Å². The first kappa shape index (κ1) is 10.7. The number of carbonyl (C=O) groups is 1. The van der Waals surface area contributed by atoms with Crippen LogP contribution >= 0.6 is 0 Å². The number of aldehydes is 1. The van der Waals surface area contributed by atoms with Gasteiger partial charge in [0.05, 0.1) is 0 Å². The van der Waals surface area contributed by atoms with Crippen molar-refractivity contribution in [2.24, 2.45) is 5.92 Å². The standard InChI is InChI=1S/C10H20O/c1-3-5-7-10(6-4-2)8-9-11/h9-10H,3-8H2,1-2H3. The van der Waals surface area contributed by atoms with Crippen molar-refractivity contribution >= 4 is 6.29 Å².